The molecule has 4 rings (SSSR count). The molecular weight excluding hydrogens is 495 g/mol. The van der Waals surface area contributed by atoms with Crippen molar-refractivity contribution in [2.24, 2.45) is 11.8 Å². The minimum absolute atomic E-state index is 0.0920. The first-order valence-corrected chi connectivity index (χ1v) is 16.9. The van der Waals surface area contributed by atoms with E-state index in [0.29, 0.717) is 0 Å². The van der Waals surface area contributed by atoms with Gasteiger partial charge in [-0.1, -0.05) is 0 Å². The fourth-order valence-corrected chi connectivity index (χ4v) is 13.5. The second kappa shape index (κ2) is 10.7. The average Bonchev–Trinajstić information content (AvgIpc) is 2.85. The molecule has 2 fully saturated rings. The summed E-state index contributed by atoms with van der Waals surface area (Å²) in [5, 5.41) is 0. The van der Waals surface area contributed by atoms with Gasteiger partial charge in [0.2, 0.25) is 0 Å². The molecule has 0 aliphatic heterocycles. The van der Waals surface area contributed by atoms with E-state index in [1.165, 1.54) is 12.8 Å². The average molecular weight is 527 g/mol. The van der Waals surface area contributed by atoms with E-state index in [0.717, 1.165) is 58.5 Å². The Labute approximate surface area is 190 Å². The number of carbonyl (C=O) groups is 2. The summed E-state index contributed by atoms with van der Waals surface area (Å²) < 4.78 is 14.6. The van der Waals surface area contributed by atoms with Crippen LogP contribution in [-0.4, -0.2) is 31.1 Å². The van der Waals surface area contributed by atoms with Crippen molar-refractivity contribution >= 4 is 38.3 Å². The Morgan fingerprint density at radius 2 is 0.935 bits per heavy atom. The van der Waals surface area contributed by atoms with Gasteiger partial charge in [-0.25, -0.2) is 0 Å². The van der Waals surface area contributed by atoms with Crippen LogP contribution in [-0.2, 0) is 15.7 Å². The van der Waals surface area contributed by atoms with Crippen LogP contribution >= 0.6 is 0 Å². The zero-order valence-corrected chi connectivity index (χ0v) is 21.0. The Morgan fingerprint density at radius 3 is 1.29 bits per heavy atom. The van der Waals surface area contributed by atoms with Gasteiger partial charge >= 0.3 is 191 Å². The maximum atomic E-state index is 13.4. The van der Waals surface area contributed by atoms with Crippen molar-refractivity contribution in [3.05, 3.63) is 60.7 Å². The maximum absolute atomic E-state index is 13.4. The van der Waals surface area contributed by atoms with Gasteiger partial charge in [0.1, 0.15) is 0 Å². The van der Waals surface area contributed by atoms with Crippen LogP contribution in [0, 0.1) is 11.8 Å². The van der Waals surface area contributed by atoms with E-state index in [1.54, 1.807) is 0 Å². The van der Waals surface area contributed by atoms with Crippen LogP contribution in [0.4, 0.5) is 0 Å². The Kier molecular flexibility index (Phi) is 7.70. The first-order chi connectivity index (χ1) is 15.2. The molecule has 2 aliphatic carbocycles. The standard InChI is InChI=1S/2C7H12O2.2C6H5.Sn/c2*8-7(9)6-4-2-1-3-5-6;2*1-2-4-6-5-3-1;/h2*6H,1-5H2,(H,8,9);2*1-5H;/q;;;;+2/p-2. The quantitative estimate of drug-likeness (QED) is 0.520. The third kappa shape index (κ3) is 5.33. The molecule has 4 nitrogen and oxygen atoms in total. The van der Waals surface area contributed by atoms with Crippen LogP contribution in [0.25, 0.3) is 0 Å². The summed E-state index contributed by atoms with van der Waals surface area (Å²) in [4.78, 5) is 26.7. The summed E-state index contributed by atoms with van der Waals surface area (Å²) in [6.07, 6.45) is 10.0. The van der Waals surface area contributed by atoms with Crippen LogP contribution in [0.5, 0.6) is 0 Å². The second-order valence-corrected chi connectivity index (χ2v) is 16.8. The van der Waals surface area contributed by atoms with Crippen LogP contribution in [0.2, 0.25) is 0 Å². The molecule has 31 heavy (non-hydrogen) atoms. The summed E-state index contributed by atoms with van der Waals surface area (Å²) in [6, 6.07) is 19.5. The summed E-state index contributed by atoms with van der Waals surface area (Å²) in [5.41, 5.74) is 0. The molecule has 2 saturated carbocycles. The Hall–Kier alpha value is -1.82. The molecule has 0 aromatic heterocycles. The molecule has 164 valence electrons. The van der Waals surface area contributed by atoms with Crippen LogP contribution < -0.4 is 7.16 Å². The summed E-state index contributed by atoms with van der Waals surface area (Å²) >= 11 is -4.55. The van der Waals surface area contributed by atoms with Gasteiger partial charge < -0.3 is 0 Å². The summed E-state index contributed by atoms with van der Waals surface area (Å²) in [5.74, 6) is -0.546. The molecule has 0 bridgehead atoms. The fourth-order valence-electron chi connectivity index (χ4n) is 4.86. The van der Waals surface area contributed by atoms with E-state index in [2.05, 4.69) is 0 Å². The van der Waals surface area contributed by atoms with Crippen molar-refractivity contribution in [3.63, 3.8) is 0 Å². The summed E-state index contributed by atoms with van der Waals surface area (Å²) in [6.45, 7) is 0. The molecule has 0 spiro atoms. The van der Waals surface area contributed by atoms with E-state index in [4.69, 9.17) is 6.15 Å². The van der Waals surface area contributed by atoms with Crippen molar-refractivity contribution in [1.82, 2.24) is 0 Å². The van der Waals surface area contributed by atoms with Gasteiger partial charge in [-0.2, -0.15) is 0 Å². The van der Waals surface area contributed by atoms with Crippen molar-refractivity contribution < 1.29 is 15.7 Å². The van der Waals surface area contributed by atoms with Gasteiger partial charge in [-0.15, -0.1) is 0 Å². The van der Waals surface area contributed by atoms with E-state index < -0.39 is 19.2 Å². The van der Waals surface area contributed by atoms with E-state index >= 15 is 0 Å². The summed E-state index contributed by atoms with van der Waals surface area (Å²) in [7, 11) is 0. The van der Waals surface area contributed by atoms with Crippen molar-refractivity contribution in [2.45, 2.75) is 64.2 Å². The van der Waals surface area contributed by atoms with E-state index in [-0.39, 0.29) is 23.8 Å². The number of hydrogen-bond donors (Lipinski definition) is 0. The second-order valence-electron chi connectivity index (χ2n) is 8.86. The van der Waals surface area contributed by atoms with Gasteiger partial charge in [0.05, 0.1) is 0 Å². The van der Waals surface area contributed by atoms with Crippen LogP contribution in [0.3, 0.4) is 0 Å². The van der Waals surface area contributed by atoms with Gasteiger partial charge in [0, 0.05) is 0 Å². The molecule has 0 radical (unpaired) electrons. The minimum atomic E-state index is -4.55. The first-order valence-electron chi connectivity index (χ1n) is 11.8. The zero-order chi connectivity index (χ0) is 21.5. The molecule has 2 aliphatic rings. The van der Waals surface area contributed by atoms with Crippen molar-refractivity contribution in [2.75, 3.05) is 0 Å². The molecule has 0 unspecified atom stereocenters. The number of rotatable bonds is 6. The predicted octanol–water partition coefficient (Wildman–Crippen LogP) is 4.49. The first kappa shape index (κ1) is 22.4. The van der Waals surface area contributed by atoms with Crippen molar-refractivity contribution in [1.29, 1.82) is 0 Å². The van der Waals surface area contributed by atoms with E-state index in [9.17, 15) is 9.59 Å². The van der Waals surface area contributed by atoms with Crippen molar-refractivity contribution in [3.8, 4) is 0 Å². The van der Waals surface area contributed by atoms with Crippen LogP contribution in [0.15, 0.2) is 60.7 Å². The molecule has 0 N–H and O–H groups in total. The molecule has 0 saturated heterocycles. The normalized spacial score (nSPS) is 18.3. The predicted molar refractivity (Wildman–Crippen MR) is 123 cm³/mol. The van der Waals surface area contributed by atoms with Crippen LogP contribution in [0.1, 0.15) is 64.2 Å². The fraction of sp³-hybridized carbons (Fsp3) is 0.462. The molecule has 2 aromatic rings. The SMILES string of the molecule is O=C([O][Sn]([O]C(=O)C1CCCCC1)([c]1ccccc1)[c]1ccccc1)C1CCCCC1. The molecule has 5 heteroatoms. The third-order valence-corrected chi connectivity index (χ3v) is 15.7. The van der Waals surface area contributed by atoms with Gasteiger partial charge in [-0.3, -0.25) is 0 Å². The van der Waals surface area contributed by atoms with Gasteiger partial charge in [0.15, 0.2) is 0 Å². The molecular formula is C26H32O4Sn. The number of carbonyl (C=O) groups excluding carboxylic acids is 2. The third-order valence-electron chi connectivity index (χ3n) is 6.67. The molecule has 0 atom stereocenters. The Morgan fingerprint density at radius 1 is 0.581 bits per heavy atom. The molecule has 2 aromatic carbocycles. The Balaban J connectivity index is 1.72. The topological polar surface area (TPSA) is 52.6 Å². The zero-order valence-electron chi connectivity index (χ0n) is 18.1. The van der Waals surface area contributed by atoms with Gasteiger partial charge in [0.25, 0.3) is 0 Å². The monoisotopic (exact) mass is 528 g/mol. The molecule has 0 heterocycles. The van der Waals surface area contributed by atoms with Gasteiger partial charge in [-0.05, 0) is 0 Å². The number of hydrogen-bond acceptors (Lipinski definition) is 4. The number of benzene rings is 2. The van der Waals surface area contributed by atoms with E-state index in [1.807, 2.05) is 60.7 Å². The Bertz CT molecular complexity index is 782. The molecule has 0 amide bonds.